The smallest absolute Gasteiger partial charge is 0.230 e. The van der Waals surface area contributed by atoms with Crippen LogP contribution in [0.25, 0.3) is 0 Å². The molecule has 1 unspecified atom stereocenters. The average molecular weight is 281 g/mol. The van der Waals surface area contributed by atoms with Gasteiger partial charge in [0.15, 0.2) is 0 Å². The van der Waals surface area contributed by atoms with Gasteiger partial charge in [0.2, 0.25) is 5.91 Å². The van der Waals surface area contributed by atoms with E-state index in [1.807, 2.05) is 25.1 Å². The van der Waals surface area contributed by atoms with Gasteiger partial charge >= 0.3 is 0 Å². The Kier molecular flexibility index (Phi) is 4.23. The maximum atomic E-state index is 12.9. The third-order valence-corrected chi connectivity index (χ3v) is 4.76. The molecule has 1 amide bonds. The number of likely N-dealkylation sites (tertiary alicyclic amines) is 1. The van der Waals surface area contributed by atoms with E-state index in [1.165, 1.54) is 0 Å². The summed E-state index contributed by atoms with van der Waals surface area (Å²) >= 11 is 0. The second kappa shape index (κ2) is 6.30. The van der Waals surface area contributed by atoms with Crippen molar-refractivity contribution in [2.75, 3.05) is 6.54 Å². The largest absolute Gasteiger partial charge is 0.339 e. The molecule has 1 heterocycles. The maximum absolute atomic E-state index is 12.9. The van der Waals surface area contributed by atoms with Crippen LogP contribution in [-0.4, -0.2) is 23.4 Å². The van der Waals surface area contributed by atoms with Crippen LogP contribution in [0.3, 0.4) is 0 Å². The minimum absolute atomic E-state index is 0.0464. The predicted octanol–water partition coefficient (Wildman–Crippen LogP) is 3.91. The highest BCUT2D eigenvalue weighted by molar-refractivity contribution is 5.84. The summed E-state index contributed by atoms with van der Waals surface area (Å²) in [5, 5.41) is 0. The fourth-order valence-electron chi connectivity index (χ4n) is 3.53. The number of allylic oxidation sites excluding steroid dienone is 3. The van der Waals surface area contributed by atoms with E-state index in [4.69, 9.17) is 0 Å². The lowest BCUT2D eigenvalue weighted by Gasteiger charge is -2.32. The first-order chi connectivity index (χ1) is 10.3. The SMILES string of the molecule is C[C@@H](C(=O)N1CCC[C@H]1C1C=CC=CC1)c1ccccc1. The van der Waals surface area contributed by atoms with Gasteiger partial charge < -0.3 is 4.90 Å². The Morgan fingerprint density at radius 2 is 2.05 bits per heavy atom. The van der Waals surface area contributed by atoms with E-state index in [1.54, 1.807) is 0 Å². The van der Waals surface area contributed by atoms with Crippen LogP contribution in [-0.2, 0) is 4.79 Å². The van der Waals surface area contributed by atoms with Crippen LogP contribution in [0.1, 0.15) is 37.7 Å². The van der Waals surface area contributed by atoms with E-state index in [0.717, 1.165) is 31.4 Å². The molecule has 0 saturated carbocycles. The number of hydrogen-bond acceptors (Lipinski definition) is 1. The highest BCUT2D eigenvalue weighted by atomic mass is 16.2. The summed E-state index contributed by atoms with van der Waals surface area (Å²) in [6, 6.07) is 10.5. The van der Waals surface area contributed by atoms with Crippen molar-refractivity contribution in [1.29, 1.82) is 0 Å². The van der Waals surface area contributed by atoms with Crippen molar-refractivity contribution < 1.29 is 4.79 Å². The molecule has 0 N–H and O–H groups in total. The van der Waals surface area contributed by atoms with Crippen LogP contribution in [0.5, 0.6) is 0 Å². The summed E-state index contributed by atoms with van der Waals surface area (Å²) < 4.78 is 0. The van der Waals surface area contributed by atoms with Crippen molar-refractivity contribution in [2.45, 2.75) is 38.1 Å². The molecule has 1 aliphatic carbocycles. The second-order valence-corrected chi connectivity index (χ2v) is 6.09. The zero-order valence-electron chi connectivity index (χ0n) is 12.6. The van der Waals surface area contributed by atoms with Crippen LogP contribution >= 0.6 is 0 Å². The molecule has 1 saturated heterocycles. The summed E-state index contributed by atoms with van der Waals surface area (Å²) in [6.45, 7) is 2.94. The van der Waals surface area contributed by atoms with Gasteiger partial charge in [-0.15, -0.1) is 0 Å². The van der Waals surface area contributed by atoms with E-state index in [0.29, 0.717) is 12.0 Å². The molecule has 3 atom stereocenters. The first kappa shape index (κ1) is 14.1. The summed E-state index contributed by atoms with van der Waals surface area (Å²) in [5.74, 6) is 0.728. The molecule has 3 rings (SSSR count). The van der Waals surface area contributed by atoms with E-state index >= 15 is 0 Å². The number of amides is 1. The van der Waals surface area contributed by atoms with Crippen LogP contribution < -0.4 is 0 Å². The molecule has 2 heteroatoms. The van der Waals surface area contributed by atoms with Crippen molar-refractivity contribution in [1.82, 2.24) is 4.90 Å². The third kappa shape index (κ3) is 2.94. The van der Waals surface area contributed by atoms with Gasteiger partial charge in [-0.05, 0) is 31.7 Å². The molecular weight excluding hydrogens is 258 g/mol. The van der Waals surface area contributed by atoms with Gasteiger partial charge in [-0.2, -0.15) is 0 Å². The number of hydrogen-bond donors (Lipinski definition) is 0. The molecule has 110 valence electrons. The van der Waals surface area contributed by atoms with Gasteiger partial charge in [0.1, 0.15) is 0 Å². The summed E-state index contributed by atoms with van der Waals surface area (Å²) in [5.41, 5.74) is 1.12. The average Bonchev–Trinajstić information content (AvgIpc) is 3.04. The number of rotatable bonds is 3. The Labute approximate surface area is 127 Å². The Morgan fingerprint density at radius 1 is 1.24 bits per heavy atom. The number of benzene rings is 1. The van der Waals surface area contributed by atoms with E-state index < -0.39 is 0 Å². The normalized spacial score (nSPS) is 26.0. The monoisotopic (exact) mass is 281 g/mol. The van der Waals surface area contributed by atoms with Crippen LogP contribution in [0.4, 0.5) is 0 Å². The molecule has 1 aromatic rings. The molecular formula is C19H23NO. The first-order valence-electron chi connectivity index (χ1n) is 7.96. The van der Waals surface area contributed by atoms with Crippen molar-refractivity contribution in [3.8, 4) is 0 Å². The topological polar surface area (TPSA) is 20.3 Å². The zero-order valence-corrected chi connectivity index (χ0v) is 12.6. The first-order valence-corrected chi connectivity index (χ1v) is 7.96. The lowest BCUT2D eigenvalue weighted by atomic mass is 9.90. The number of carbonyl (C=O) groups is 1. The van der Waals surface area contributed by atoms with E-state index in [2.05, 4.69) is 41.3 Å². The van der Waals surface area contributed by atoms with Gasteiger partial charge in [0.05, 0.1) is 5.92 Å². The summed E-state index contributed by atoms with van der Waals surface area (Å²) in [6.07, 6.45) is 12.0. The highest BCUT2D eigenvalue weighted by Gasteiger charge is 2.35. The lowest BCUT2D eigenvalue weighted by Crippen LogP contribution is -2.41. The van der Waals surface area contributed by atoms with Gasteiger partial charge in [0.25, 0.3) is 0 Å². The highest BCUT2D eigenvalue weighted by Crippen LogP contribution is 2.31. The van der Waals surface area contributed by atoms with Gasteiger partial charge in [-0.1, -0.05) is 54.6 Å². The van der Waals surface area contributed by atoms with Gasteiger partial charge in [-0.25, -0.2) is 0 Å². The Bertz CT molecular complexity index is 546. The summed E-state index contributed by atoms with van der Waals surface area (Å²) in [4.78, 5) is 15.0. The third-order valence-electron chi connectivity index (χ3n) is 4.76. The molecule has 2 aliphatic rings. The van der Waals surface area contributed by atoms with Gasteiger partial charge in [-0.3, -0.25) is 4.79 Å². The molecule has 1 aromatic carbocycles. The van der Waals surface area contributed by atoms with Crippen molar-refractivity contribution in [3.63, 3.8) is 0 Å². The molecule has 1 aliphatic heterocycles. The Balaban J connectivity index is 1.74. The Morgan fingerprint density at radius 3 is 2.76 bits per heavy atom. The van der Waals surface area contributed by atoms with Gasteiger partial charge in [0, 0.05) is 18.5 Å². The van der Waals surface area contributed by atoms with Crippen LogP contribution in [0.15, 0.2) is 54.6 Å². The second-order valence-electron chi connectivity index (χ2n) is 6.09. The minimum Gasteiger partial charge on any atom is -0.339 e. The zero-order chi connectivity index (χ0) is 14.7. The molecule has 1 fully saturated rings. The quantitative estimate of drug-likeness (QED) is 0.822. The predicted molar refractivity (Wildman–Crippen MR) is 86.0 cm³/mol. The maximum Gasteiger partial charge on any atom is 0.230 e. The number of nitrogens with zero attached hydrogens (tertiary/aromatic N) is 1. The van der Waals surface area contributed by atoms with E-state index in [-0.39, 0.29) is 11.8 Å². The lowest BCUT2D eigenvalue weighted by molar-refractivity contribution is -0.133. The molecule has 0 spiro atoms. The fourth-order valence-corrected chi connectivity index (χ4v) is 3.53. The number of carbonyl (C=O) groups excluding carboxylic acids is 1. The molecule has 0 bridgehead atoms. The summed E-state index contributed by atoms with van der Waals surface area (Å²) in [7, 11) is 0. The standard InChI is InChI=1S/C19H23NO/c1-15(16-9-4-2-5-10-16)19(21)20-14-8-13-18(20)17-11-6-3-7-12-17/h2-7,9-11,15,17-18H,8,12-14H2,1H3/t15-,17?,18+/m1/s1. The minimum atomic E-state index is -0.0464. The van der Waals surface area contributed by atoms with Crippen molar-refractivity contribution >= 4 is 5.91 Å². The fraction of sp³-hybridized carbons (Fsp3) is 0.421. The van der Waals surface area contributed by atoms with Crippen LogP contribution in [0.2, 0.25) is 0 Å². The van der Waals surface area contributed by atoms with E-state index in [9.17, 15) is 4.79 Å². The Hall–Kier alpha value is -1.83. The molecule has 0 radical (unpaired) electrons. The molecule has 21 heavy (non-hydrogen) atoms. The van der Waals surface area contributed by atoms with Crippen molar-refractivity contribution in [3.05, 3.63) is 60.2 Å². The molecule has 0 aromatic heterocycles. The molecule has 2 nitrogen and oxygen atoms in total. The van der Waals surface area contributed by atoms with Crippen molar-refractivity contribution in [2.24, 2.45) is 5.92 Å². The van der Waals surface area contributed by atoms with Crippen LogP contribution in [0, 0.1) is 5.92 Å².